The van der Waals surface area contributed by atoms with Gasteiger partial charge in [-0.1, -0.05) is 30.3 Å². The first-order valence-corrected chi connectivity index (χ1v) is 12.2. The first-order valence-electron chi connectivity index (χ1n) is 12.2. The third-order valence-corrected chi connectivity index (χ3v) is 6.32. The number of ether oxygens (including phenoxy) is 1. The van der Waals surface area contributed by atoms with Crippen LogP contribution in [0.5, 0.6) is 0 Å². The molecular formula is C28H33N5O2. The highest BCUT2D eigenvalue weighted by atomic mass is 16.5. The van der Waals surface area contributed by atoms with Gasteiger partial charge in [-0.2, -0.15) is 0 Å². The summed E-state index contributed by atoms with van der Waals surface area (Å²) in [6.45, 7) is 11.0. The van der Waals surface area contributed by atoms with Crippen molar-refractivity contribution in [2.24, 2.45) is 0 Å². The van der Waals surface area contributed by atoms with E-state index >= 15 is 0 Å². The molecule has 7 nitrogen and oxygen atoms in total. The maximum atomic E-state index is 12.6. The van der Waals surface area contributed by atoms with Gasteiger partial charge < -0.3 is 14.5 Å². The normalized spacial score (nSPS) is 17.8. The van der Waals surface area contributed by atoms with E-state index < -0.39 is 0 Å². The Morgan fingerprint density at radius 3 is 2.31 bits per heavy atom. The lowest BCUT2D eigenvalue weighted by Crippen LogP contribution is -2.45. The summed E-state index contributed by atoms with van der Waals surface area (Å²) in [7, 11) is 0. The molecule has 2 aromatic carbocycles. The molecule has 0 radical (unpaired) electrons. The van der Waals surface area contributed by atoms with E-state index in [2.05, 4.69) is 28.7 Å². The van der Waals surface area contributed by atoms with E-state index in [1.54, 1.807) is 0 Å². The fraction of sp³-hybridized carbons (Fsp3) is 0.357. The molecule has 2 unspecified atom stereocenters. The Morgan fingerprint density at radius 2 is 1.66 bits per heavy atom. The van der Waals surface area contributed by atoms with Crippen LogP contribution in [0, 0.1) is 5.41 Å². The lowest BCUT2D eigenvalue weighted by Gasteiger charge is -2.36. The van der Waals surface area contributed by atoms with Crippen LogP contribution in [-0.4, -0.2) is 64.9 Å². The van der Waals surface area contributed by atoms with Crippen molar-refractivity contribution in [3.8, 4) is 11.1 Å². The fourth-order valence-electron chi connectivity index (χ4n) is 4.52. The summed E-state index contributed by atoms with van der Waals surface area (Å²) in [5.41, 5.74) is 4.37. The van der Waals surface area contributed by atoms with Crippen molar-refractivity contribution in [2.75, 3.05) is 31.1 Å². The van der Waals surface area contributed by atoms with E-state index in [0.29, 0.717) is 30.1 Å². The molecular weight excluding hydrogens is 438 g/mol. The number of morpholine rings is 1. The largest absolute Gasteiger partial charge is 0.372 e. The molecule has 7 heteroatoms. The zero-order valence-corrected chi connectivity index (χ0v) is 20.9. The number of rotatable bonds is 7. The number of benzene rings is 2. The van der Waals surface area contributed by atoms with Crippen molar-refractivity contribution in [3.63, 3.8) is 0 Å². The summed E-state index contributed by atoms with van der Waals surface area (Å²) in [5, 5.41) is 8.82. The summed E-state index contributed by atoms with van der Waals surface area (Å²) in [5.74, 6) is 0.854. The number of hydrogen-bond donors (Lipinski definition) is 1. The number of aromatic nitrogens is 2. The van der Waals surface area contributed by atoms with Gasteiger partial charge in [0.15, 0.2) is 0 Å². The molecule has 3 aromatic rings. The van der Waals surface area contributed by atoms with E-state index in [-0.39, 0.29) is 18.1 Å². The Hall–Kier alpha value is -3.58. The molecule has 1 N–H and O–H groups in total. The SMILES string of the molecule is CCN(CC)C(=O)c1ccc(-c2cccc(C(=N)c3cc(N4CC(C)OC(C)C4)ncn3)c2)cc1. The van der Waals surface area contributed by atoms with Crippen LogP contribution >= 0.6 is 0 Å². The number of hydrogen-bond acceptors (Lipinski definition) is 6. The Labute approximate surface area is 207 Å². The topological polar surface area (TPSA) is 82.4 Å². The minimum atomic E-state index is 0.0423. The molecule has 4 rings (SSSR count). The van der Waals surface area contributed by atoms with Crippen molar-refractivity contribution in [1.82, 2.24) is 14.9 Å². The Balaban J connectivity index is 1.54. The van der Waals surface area contributed by atoms with Crippen LogP contribution < -0.4 is 4.90 Å². The van der Waals surface area contributed by atoms with Gasteiger partial charge >= 0.3 is 0 Å². The molecule has 1 aliphatic rings. The molecule has 2 heterocycles. The van der Waals surface area contributed by atoms with Gasteiger partial charge in [-0.15, -0.1) is 0 Å². The van der Waals surface area contributed by atoms with Crippen LogP contribution in [0.1, 0.15) is 49.3 Å². The minimum Gasteiger partial charge on any atom is -0.372 e. The van der Waals surface area contributed by atoms with Crippen LogP contribution in [0.25, 0.3) is 11.1 Å². The smallest absolute Gasteiger partial charge is 0.253 e. The molecule has 0 aliphatic carbocycles. The van der Waals surface area contributed by atoms with Gasteiger partial charge in [0.05, 0.1) is 23.6 Å². The van der Waals surface area contributed by atoms with Crippen molar-refractivity contribution in [2.45, 2.75) is 39.9 Å². The summed E-state index contributed by atoms with van der Waals surface area (Å²) < 4.78 is 5.84. The quantitative estimate of drug-likeness (QED) is 0.507. The lowest BCUT2D eigenvalue weighted by atomic mass is 9.98. The number of carbonyl (C=O) groups excluding carboxylic acids is 1. The molecule has 0 spiro atoms. The van der Waals surface area contributed by atoms with Crippen LogP contribution in [-0.2, 0) is 4.74 Å². The molecule has 1 fully saturated rings. The van der Waals surface area contributed by atoms with E-state index in [1.165, 1.54) is 6.33 Å². The van der Waals surface area contributed by atoms with Crippen molar-refractivity contribution in [1.29, 1.82) is 5.41 Å². The van der Waals surface area contributed by atoms with Gasteiger partial charge in [0.1, 0.15) is 12.1 Å². The molecule has 0 bridgehead atoms. The first-order chi connectivity index (χ1) is 16.9. The Morgan fingerprint density at radius 1 is 0.971 bits per heavy atom. The summed E-state index contributed by atoms with van der Waals surface area (Å²) in [6.07, 6.45) is 1.78. The van der Waals surface area contributed by atoms with Crippen molar-refractivity contribution < 1.29 is 9.53 Å². The third-order valence-electron chi connectivity index (χ3n) is 6.32. The number of anilines is 1. The molecule has 0 saturated carbocycles. The van der Waals surface area contributed by atoms with E-state index in [0.717, 1.165) is 35.6 Å². The zero-order valence-electron chi connectivity index (χ0n) is 20.9. The average molecular weight is 472 g/mol. The molecule has 35 heavy (non-hydrogen) atoms. The van der Waals surface area contributed by atoms with Crippen LogP contribution in [0.3, 0.4) is 0 Å². The van der Waals surface area contributed by atoms with Gasteiger partial charge in [-0.25, -0.2) is 9.97 Å². The molecule has 1 aliphatic heterocycles. The van der Waals surface area contributed by atoms with E-state index in [9.17, 15) is 4.79 Å². The zero-order chi connectivity index (χ0) is 24.9. The maximum Gasteiger partial charge on any atom is 0.253 e. The molecule has 182 valence electrons. The highest BCUT2D eigenvalue weighted by Crippen LogP contribution is 2.24. The monoisotopic (exact) mass is 471 g/mol. The first kappa shape index (κ1) is 24.5. The van der Waals surface area contributed by atoms with Gasteiger partial charge in [0.25, 0.3) is 5.91 Å². The third kappa shape index (κ3) is 5.57. The van der Waals surface area contributed by atoms with E-state index in [1.807, 2.05) is 73.3 Å². The van der Waals surface area contributed by atoms with Crippen molar-refractivity contribution in [3.05, 3.63) is 77.7 Å². The van der Waals surface area contributed by atoms with Gasteiger partial charge in [0, 0.05) is 43.4 Å². The number of nitrogens with one attached hydrogen (secondary N) is 1. The molecule has 2 atom stereocenters. The van der Waals surface area contributed by atoms with Gasteiger partial charge in [-0.05, 0) is 57.0 Å². The molecule has 1 aromatic heterocycles. The maximum absolute atomic E-state index is 12.6. The number of amides is 1. The fourth-order valence-corrected chi connectivity index (χ4v) is 4.52. The second-order valence-electron chi connectivity index (χ2n) is 8.93. The highest BCUT2D eigenvalue weighted by molar-refractivity contribution is 6.10. The number of carbonyl (C=O) groups is 1. The Bertz CT molecular complexity index is 1180. The average Bonchev–Trinajstić information content (AvgIpc) is 2.88. The number of nitrogens with zero attached hydrogens (tertiary/aromatic N) is 4. The van der Waals surface area contributed by atoms with Crippen molar-refractivity contribution >= 4 is 17.4 Å². The molecule has 1 saturated heterocycles. The summed E-state index contributed by atoms with van der Waals surface area (Å²) in [4.78, 5) is 25.4. The van der Waals surface area contributed by atoms with Gasteiger partial charge in [-0.3, -0.25) is 10.2 Å². The summed E-state index contributed by atoms with van der Waals surface area (Å²) in [6, 6.07) is 17.4. The second kappa shape index (κ2) is 10.8. The summed E-state index contributed by atoms with van der Waals surface area (Å²) >= 11 is 0. The van der Waals surface area contributed by atoms with Gasteiger partial charge in [0.2, 0.25) is 0 Å². The van der Waals surface area contributed by atoms with Crippen LogP contribution in [0.4, 0.5) is 5.82 Å². The highest BCUT2D eigenvalue weighted by Gasteiger charge is 2.24. The predicted octanol–water partition coefficient (Wildman–Crippen LogP) is 4.66. The lowest BCUT2D eigenvalue weighted by molar-refractivity contribution is -0.00547. The minimum absolute atomic E-state index is 0.0423. The van der Waals surface area contributed by atoms with E-state index in [4.69, 9.17) is 10.1 Å². The second-order valence-corrected chi connectivity index (χ2v) is 8.93. The standard InChI is InChI=1S/C28H33N5O2/c1-5-32(6-2)28(34)22-12-10-21(11-13-22)23-8-7-9-24(14-23)27(29)25-15-26(31-18-30-25)33-16-19(3)35-20(4)17-33/h7-15,18-20,29H,5-6,16-17H2,1-4H3. The predicted molar refractivity (Wildman–Crippen MR) is 139 cm³/mol. The Kier molecular flexibility index (Phi) is 7.56. The van der Waals surface area contributed by atoms with Crippen LogP contribution in [0.15, 0.2) is 60.9 Å². The molecule has 1 amide bonds. The van der Waals surface area contributed by atoms with Crippen LogP contribution in [0.2, 0.25) is 0 Å².